The fourth-order valence-corrected chi connectivity index (χ4v) is 10.6. The van der Waals surface area contributed by atoms with Crippen molar-refractivity contribution in [1.82, 2.24) is 40.1 Å². The van der Waals surface area contributed by atoms with Crippen LogP contribution in [0.15, 0.2) is 91.1 Å². The lowest BCUT2D eigenvalue weighted by atomic mass is 9.92. The van der Waals surface area contributed by atoms with Crippen molar-refractivity contribution in [1.29, 1.82) is 0 Å². The second kappa shape index (κ2) is 17.3. The summed E-state index contributed by atoms with van der Waals surface area (Å²) < 4.78 is 16.1. The van der Waals surface area contributed by atoms with Crippen LogP contribution in [0.1, 0.15) is 86.9 Å². The summed E-state index contributed by atoms with van der Waals surface area (Å²) in [4.78, 5) is 73.5. The average Bonchev–Trinajstić information content (AvgIpc) is 4.21. The van der Waals surface area contributed by atoms with Crippen LogP contribution in [0.5, 0.6) is 5.75 Å². The number of benzene rings is 4. The highest BCUT2D eigenvalue weighted by molar-refractivity contribution is 5.89. The Labute approximate surface area is 381 Å². The van der Waals surface area contributed by atoms with Gasteiger partial charge < -0.3 is 39.3 Å². The van der Waals surface area contributed by atoms with Crippen molar-refractivity contribution in [3.05, 3.63) is 114 Å². The Morgan fingerprint density at radius 1 is 0.864 bits per heavy atom. The van der Waals surface area contributed by atoms with Crippen molar-refractivity contribution in [3.63, 3.8) is 0 Å². The van der Waals surface area contributed by atoms with Gasteiger partial charge in [-0.2, -0.15) is 0 Å². The number of hydrogen-bond donors (Lipinski definition) is 4. The molecule has 6 aromatic rings. The minimum Gasteiger partial charge on any atom is -0.488 e. The number of aromatic amines is 2. The van der Waals surface area contributed by atoms with Gasteiger partial charge >= 0.3 is 12.2 Å². The smallest absolute Gasteiger partial charge is 0.424 e. The SMILES string of the molecule is COC(=O)NC(C(=O)N1CCC[C@H]1c1ncc(-c2ccc3c(c2)OCc2cc(-c4ccc5nc([C@@H]6[C@H]7CC[C@H](C7)N6C(=O)[C@@H](c6ccccc6)N(N)C(=O)OC)[nH]c5c4)ccc2-3)[nH]1)C(C)C. The van der Waals surface area contributed by atoms with E-state index in [4.69, 9.17) is 30.0 Å². The minimum atomic E-state index is -1.06. The van der Waals surface area contributed by atoms with E-state index in [1.165, 1.54) is 14.2 Å². The van der Waals surface area contributed by atoms with E-state index in [0.29, 0.717) is 24.5 Å². The highest BCUT2D eigenvalue weighted by atomic mass is 16.5. The standard InChI is InChI=1S/C50H53N9O7/c1-27(2)42(56-49(62)64-3)47(60)57-20-8-11-40(57)45-52-25-39(55-45)31-14-18-36-35-17-13-29(21-33(35)26-66-41(36)24-31)30-15-19-37-38(23-30)54-46(53-37)43-32-12-16-34(22-32)58(43)48(61)44(59(51)50(63)65-4)28-9-6-5-7-10-28/h5-7,9-10,13-15,17-19,21,23-25,27,32,34,40,42-44H,8,11-12,16,20,22,26,51H2,1-4H3,(H,52,55)(H,53,54)(H,56,62)/t32-,34+,40-,42?,43-,44+/m0/s1. The van der Waals surface area contributed by atoms with Crippen molar-refractivity contribution in [2.75, 3.05) is 20.8 Å². The monoisotopic (exact) mass is 891 g/mol. The molecule has 16 nitrogen and oxygen atoms in total. The molecule has 4 aliphatic rings. The van der Waals surface area contributed by atoms with Crippen molar-refractivity contribution in [2.45, 2.75) is 82.8 Å². The van der Waals surface area contributed by atoms with Crippen molar-refractivity contribution in [3.8, 4) is 39.3 Å². The quantitative estimate of drug-likeness (QED) is 0.0594. The van der Waals surface area contributed by atoms with E-state index < -0.39 is 24.3 Å². The molecule has 1 aliphatic carbocycles. The molecule has 10 rings (SSSR count). The molecular formula is C50H53N9O7. The summed E-state index contributed by atoms with van der Waals surface area (Å²) in [5.41, 5.74) is 9.22. The molecule has 6 atom stereocenters. The van der Waals surface area contributed by atoms with Crippen molar-refractivity contribution in [2.24, 2.45) is 17.7 Å². The number of carbonyl (C=O) groups excluding carboxylic acids is 4. The Morgan fingerprint density at radius 3 is 2.42 bits per heavy atom. The van der Waals surface area contributed by atoms with Crippen LogP contribution in [-0.4, -0.2) is 91.6 Å². The Bertz CT molecular complexity index is 2840. The van der Waals surface area contributed by atoms with Crippen LogP contribution in [0, 0.1) is 11.8 Å². The van der Waals surface area contributed by atoms with E-state index in [-0.39, 0.29) is 41.8 Å². The normalized spacial score (nSPS) is 20.4. The molecule has 2 bridgehead atoms. The first-order valence-corrected chi connectivity index (χ1v) is 22.6. The van der Waals surface area contributed by atoms with Crippen LogP contribution in [-0.2, 0) is 25.7 Å². The first-order valence-electron chi connectivity index (χ1n) is 22.6. The van der Waals surface area contributed by atoms with Crippen LogP contribution in [0.3, 0.4) is 0 Å². The average molecular weight is 892 g/mol. The van der Waals surface area contributed by atoms with Crippen LogP contribution in [0.4, 0.5) is 9.59 Å². The van der Waals surface area contributed by atoms with E-state index in [1.807, 2.05) is 49.1 Å². The van der Waals surface area contributed by atoms with E-state index >= 15 is 0 Å². The summed E-state index contributed by atoms with van der Waals surface area (Å²) in [6, 6.07) is 25.6. The number of imidazole rings is 2. The fourth-order valence-electron chi connectivity index (χ4n) is 10.6. The van der Waals surface area contributed by atoms with Gasteiger partial charge in [0.1, 0.15) is 30.0 Å². The van der Waals surface area contributed by atoms with Crippen LogP contribution >= 0.6 is 0 Å². The molecule has 2 aromatic heterocycles. The summed E-state index contributed by atoms with van der Waals surface area (Å²) in [6.45, 7) is 4.77. The molecule has 3 aliphatic heterocycles. The molecule has 1 saturated carbocycles. The van der Waals surface area contributed by atoms with Gasteiger partial charge in [0.05, 0.1) is 49.2 Å². The zero-order valence-electron chi connectivity index (χ0n) is 37.3. The molecule has 0 radical (unpaired) electrons. The molecule has 4 amide bonds. The predicted molar refractivity (Wildman–Crippen MR) is 245 cm³/mol. The fraction of sp³-hybridized carbons (Fsp3) is 0.360. The number of amides is 4. The maximum absolute atomic E-state index is 14.6. The molecule has 1 unspecified atom stereocenters. The summed E-state index contributed by atoms with van der Waals surface area (Å²) in [5.74, 6) is 8.18. The number of likely N-dealkylation sites (tertiary alicyclic amines) is 2. The number of nitrogens with zero attached hydrogens (tertiary/aromatic N) is 5. The third-order valence-corrected chi connectivity index (χ3v) is 13.9. The number of methoxy groups -OCH3 is 2. The van der Waals surface area contributed by atoms with E-state index in [9.17, 15) is 19.2 Å². The molecule has 4 aromatic carbocycles. The van der Waals surface area contributed by atoms with Gasteiger partial charge in [0, 0.05) is 23.7 Å². The van der Waals surface area contributed by atoms with Gasteiger partial charge in [-0.15, -0.1) is 0 Å². The molecule has 5 heterocycles. The lowest BCUT2D eigenvalue weighted by molar-refractivity contribution is -0.141. The van der Waals surface area contributed by atoms with Gasteiger partial charge in [0.2, 0.25) is 5.91 Å². The van der Waals surface area contributed by atoms with E-state index in [0.717, 1.165) is 98.8 Å². The summed E-state index contributed by atoms with van der Waals surface area (Å²) in [6.07, 6.45) is 4.68. The summed E-state index contributed by atoms with van der Waals surface area (Å²) in [5, 5.41) is 3.59. The highest BCUT2D eigenvalue weighted by Gasteiger charge is 2.52. The Hall–Kier alpha value is -7.20. The van der Waals surface area contributed by atoms with Crippen LogP contribution in [0.25, 0.3) is 44.5 Å². The lowest BCUT2D eigenvalue weighted by Gasteiger charge is -2.38. The van der Waals surface area contributed by atoms with Gasteiger partial charge in [-0.3, -0.25) is 9.59 Å². The number of aromatic nitrogens is 4. The minimum absolute atomic E-state index is 0.00998. The number of alkyl carbamates (subject to hydrolysis) is 1. The van der Waals surface area contributed by atoms with Gasteiger partial charge in [0.15, 0.2) is 6.04 Å². The highest BCUT2D eigenvalue weighted by Crippen LogP contribution is 2.51. The number of H-pyrrole nitrogens is 2. The molecule has 5 N–H and O–H groups in total. The molecule has 66 heavy (non-hydrogen) atoms. The topological polar surface area (TPSA) is 201 Å². The third-order valence-electron chi connectivity index (χ3n) is 13.9. The Morgan fingerprint density at radius 2 is 1.64 bits per heavy atom. The Balaban J connectivity index is 0.869. The number of fused-ring (bicyclic) bond motifs is 6. The zero-order valence-corrected chi connectivity index (χ0v) is 37.3. The van der Waals surface area contributed by atoms with Crippen LogP contribution < -0.4 is 15.9 Å². The Kier molecular flexibility index (Phi) is 11.2. The van der Waals surface area contributed by atoms with Gasteiger partial charge in [-0.05, 0) is 102 Å². The van der Waals surface area contributed by atoms with E-state index in [1.54, 1.807) is 23.2 Å². The number of nitrogens with one attached hydrogen (secondary N) is 3. The maximum atomic E-state index is 14.6. The third kappa shape index (κ3) is 7.57. The lowest BCUT2D eigenvalue weighted by Crippen LogP contribution is -2.51. The number of piperidine rings is 1. The number of carbonyl (C=O) groups is 4. The molecule has 3 fully saturated rings. The van der Waals surface area contributed by atoms with E-state index in [2.05, 4.69) is 57.7 Å². The largest absolute Gasteiger partial charge is 0.488 e. The second-order valence-electron chi connectivity index (χ2n) is 18.1. The van der Waals surface area contributed by atoms with Gasteiger partial charge in [0.25, 0.3) is 5.91 Å². The summed E-state index contributed by atoms with van der Waals surface area (Å²) >= 11 is 0. The molecule has 16 heteroatoms. The molecule has 340 valence electrons. The van der Waals surface area contributed by atoms with Crippen molar-refractivity contribution < 1.29 is 33.4 Å². The molecule has 2 saturated heterocycles. The van der Waals surface area contributed by atoms with Gasteiger partial charge in [-0.25, -0.2) is 30.4 Å². The number of hydrazine groups is 1. The van der Waals surface area contributed by atoms with Crippen molar-refractivity contribution >= 4 is 35.0 Å². The maximum Gasteiger partial charge on any atom is 0.424 e. The number of nitrogens with two attached hydrogens (primary N) is 1. The first-order chi connectivity index (χ1) is 32.0. The number of hydrogen-bond acceptors (Lipinski definition) is 10. The predicted octanol–water partition coefficient (Wildman–Crippen LogP) is 7.96. The molecular weight excluding hydrogens is 839 g/mol. The number of ether oxygens (including phenoxy) is 3. The zero-order chi connectivity index (χ0) is 45.8. The molecule has 0 spiro atoms. The summed E-state index contributed by atoms with van der Waals surface area (Å²) in [7, 11) is 2.54. The van der Waals surface area contributed by atoms with Crippen LogP contribution in [0.2, 0.25) is 0 Å². The van der Waals surface area contributed by atoms with Gasteiger partial charge in [-0.1, -0.05) is 68.4 Å². The first kappa shape index (κ1) is 42.7. The number of rotatable bonds is 10. The second-order valence-corrected chi connectivity index (χ2v) is 18.1.